The number of ketones is 1. The SMILES string of the molecule is C[C@H](CCC1OC1(C)C)[C@H]1CC[C@H]2[C@@H]3C(O)CC4CC(=O)CC[C@]4(C)[C@H]3CC[C@]12C. The molecule has 5 rings (SSSR count). The van der Waals surface area contributed by atoms with Gasteiger partial charge in [-0.2, -0.15) is 0 Å². The number of rotatable bonds is 4. The van der Waals surface area contributed by atoms with Gasteiger partial charge in [0.1, 0.15) is 5.78 Å². The van der Waals surface area contributed by atoms with Crippen LogP contribution in [0.2, 0.25) is 0 Å². The van der Waals surface area contributed by atoms with E-state index >= 15 is 0 Å². The monoisotopic (exact) mass is 416 g/mol. The molecule has 3 nitrogen and oxygen atoms in total. The lowest BCUT2D eigenvalue weighted by Gasteiger charge is -2.62. The highest BCUT2D eigenvalue weighted by Gasteiger charge is 2.63. The molecule has 1 aliphatic heterocycles. The lowest BCUT2D eigenvalue weighted by atomic mass is 9.44. The van der Waals surface area contributed by atoms with Crippen LogP contribution in [0.1, 0.15) is 98.8 Å². The molecule has 10 atom stereocenters. The third kappa shape index (κ3) is 3.16. The molecule has 0 spiro atoms. The van der Waals surface area contributed by atoms with Gasteiger partial charge < -0.3 is 9.84 Å². The molecule has 0 aromatic rings. The smallest absolute Gasteiger partial charge is 0.133 e. The molecule has 3 unspecified atom stereocenters. The zero-order valence-electron chi connectivity index (χ0n) is 20.0. The van der Waals surface area contributed by atoms with E-state index in [0.29, 0.717) is 41.0 Å². The third-order valence-corrected chi connectivity index (χ3v) is 11.3. The molecule has 30 heavy (non-hydrogen) atoms. The number of fused-ring (bicyclic) bond motifs is 5. The Morgan fingerprint density at radius 1 is 1.07 bits per heavy atom. The lowest BCUT2D eigenvalue weighted by Crippen LogP contribution is -2.58. The van der Waals surface area contributed by atoms with Gasteiger partial charge in [-0.05, 0) is 112 Å². The van der Waals surface area contributed by atoms with Gasteiger partial charge in [-0.15, -0.1) is 0 Å². The molecule has 1 saturated heterocycles. The Kier molecular flexibility index (Phi) is 5.03. The summed E-state index contributed by atoms with van der Waals surface area (Å²) >= 11 is 0. The molecule has 4 saturated carbocycles. The van der Waals surface area contributed by atoms with Crippen molar-refractivity contribution in [2.45, 2.75) is 117 Å². The van der Waals surface area contributed by atoms with E-state index in [9.17, 15) is 9.90 Å². The minimum Gasteiger partial charge on any atom is -0.393 e. The van der Waals surface area contributed by atoms with Crippen molar-refractivity contribution >= 4 is 5.78 Å². The molecular weight excluding hydrogens is 372 g/mol. The van der Waals surface area contributed by atoms with Crippen molar-refractivity contribution in [3.05, 3.63) is 0 Å². The highest BCUT2D eigenvalue weighted by atomic mass is 16.6. The number of carbonyl (C=O) groups excluding carboxylic acids is 1. The third-order valence-electron chi connectivity index (χ3n) is 11.3. The molecule has 5 fully saturated rings. The van der Waals surface area contributed by atoms with Crippen LogP contribution >= 0.6 is 0 Å². The number of carbonyl (C=O) groups is 1. The summed E-state index contributed by atoms with van der Waals surface area (Å²) in [5, 5.41) is 11.3. The van der Waals surface area contributed by atoms with Crippen LogP contribution in [0.25, 0.3) is 0 Å². The summed E-state index contributed by atoms with van der Waals surface area (Å²) in [5.41, 5.74) is 0.770. The Hall–Kier alpha value is -0.410. The summed E-state index contributed by atoms with van der Waals surface area (Å²) in [4.78, 5) is 12.1. The number of hydrogen-bond acceptors (Lipinski definition) is 3. The van der Waals surface area contributed by atoms with E-state index in [-0.39, 0.29) is 17.1 Å². The summed E-state index contributed by atoms with van der Waals surface area (Å²) < 4.78 is 5.85. The zero-order chi connectivity index (χ0) is 21.5. The van der Waals surface area contributed by atoms with E-state index in [2.05, 4.69) is 34.6 Å². The molecule has 0 aromatic heterocycles. The highest BCUT2D eigenvalue weighted by molar-refractivity contribution is 5.79. The molecule has 4 aliphatic carbocycles. The standard InChI is InChI=1S/C27H44O3/c1-16(6-9-23-25(2,3)30-23)19-7-8-20-24-21(11-13-27(19,20)5)26(4)12-10-18(28)14-17(26)15-22(24)29/h16-17,19-24,29H,6-15H2,1-5H3/t16-,17?,19-,20+,21+,22?,23?,24+,26+,27-/m1/s1. The van der Waals surface area contributed by atoms with Crippen molar-refractivity contribution in [2.75, 3.05) is 0 Å². The van der Waals surface area contributed by atoms with Gasteiger partial charge in [0, 0.05) is 12.8 Å². The normalized spacial score (nSPS) is 52.9. The first-order valence-electron chi connectivity index (χ1n) is 12.9. The van der Waals surface area contributed by atoms with Gasteiger partial charge in [0.2, 0.25) is 0 Å². The Balaban J connectivity index is 1.32. The van der Waals surface area contributed by atoms with Gasteiger partial charge in [-0.25, -0.2) is 0 Å². The summed E-state index contributed by atoms with van der Waals surface area (Å²) in [6.45, 7) is 12.0. The fourth-order valence-corrected chi connectivity index (χ4v) is 9.34. The van der Waals surface area contributed by atoms with Crippen LogP contribution in [0.4, 0.5) is 0 Å². The summed E-state index contributed by atoms with van der Waals surface area (Å²) in [5.74, 6) is 4.12. The van der Waals surface area contributed by atoms with Crippen molar-refractivity contribution in [1.29, 1.82) is 0 Å². The van der Waals surface area contributed by atoms with Gasteiger partial charge in [0.05, 0.1) is 17.8 Å². The molecule has 0 aromatic carbocycles. The summed E-state index contributed by atoms with van der Waals surface area (Å²) in [6.07, 6.45) is 11.4. The van der Waals surface area contributed by atoms with Gasteiger partial charge in [0.25, 0.3) is 0 Å². The maximum absolute atomic E-state index is 12.1. The molecule has 0 amide bonds. The van der Waals surface area contributed by atoms with Crippen LogP contribution in [0.15, 0.2) is 0 Å². The minimum absolute atomic E-state index is 0.111. The molecule has 1 heterocycles. The second-order valence-electron chi connectivity index (χ2n) is 13.0. The van der Waals surface area contributed by atoms with Crippen LogP contribution in [0, 0.1) is 46.3 Å². The largest absolute Gasteiger partial charge is 0.393 e. The maximum Gasteiger partial charge on any atom is 0.133 e. The molecule has 0 bridgehead atoms. The van der Waals surface area contributed by atoms with E-state index in [1.54, 1.807) is 0 Å². The number of aliphatic hydroxyl groups excluding tert-OH is 1. The Bertz CT molecular complexity index is 700. The molecule has 1 N–H and O–H groups in total. The van der Waals surface area contributed by atoms with Crippen molar-refractivity contribution in [3.63, 3.8) is 0 Å². The fourth-order valence-electron chi connectivity index (χ4n) is 9.34. The van der Waals surface area contributed by atoms with Crippen molar-refractivity contribution in [3.8, 4) is 0 Å². The van der Waals surface area contributed by atoms with Gasteiger partial charge in [-0.1, -0.05) is 20.8 Å². The van der Waals surface area contributed by atoms with Gasteiger partial charge in [0.15, 0.2) is 0 Å². The van der Waals surface area contributed by atoms with Crippen LogP contribution < -0.4 is 0 Å². The molecular formula is C27H44O3. The topological polar surface area (TPSA) is 49.8 Å². The average molecular weight is 417 g/mol. The first-order chi connectivity index (χ1) is 14.1. The Labute approximate surface area is 183 Å². The predicted molar refractivity (Wildman–Crippen MR) is 119 cm³/mol. The van der Waals surface area contributed by atoms with Gasteiger partial charge >= 0.3 is 0 Å². The summed E-state index contributed by atoms with van der Waals surface area (Å²) in [6, 6.07) is 0. The Morgan fingerprint density at radius 2 is 1.77 bits per heavy atom. The number of hydrogen-bond donors (Lipinski definition) is 1. The van der Waals surface area contributed by atoms with E-state index in [1.807, 2.05) is 0 Å². The lowest BCUT2D eigenvalue weighted by molar-refractivity contribution is -0.168. The molecule has 3 heteroatoms. The van der Waals surface area contributed by atoms with E-state index in [4.69, 9.17) is 4.74 Å². The van der Waals surface area contributed by atoms with Crippen molar-refractivity contribution in [1.82, 2.24) is 0 Å². The maximum atomic E-state index is 12.1. The molecule has 0 radical (unpaired) electrons. The van der Waals surface area contributed by atoms with Crippen LogP contribution in [0.5, 0.6) is 0 Å². The van der Waals surface area contributed by atoms with Crippen LogP contribution in [-0.4, -0.2) is 28.7 Å². The molecule has 170 valence electrons. The number of aliphatic hydroxyl groups is 1. The minimum atomic E-state index is -0.196. The number of Topliss-reactive ketones (excluding diaryl/α,β-unsaturated/α-hetero) is 1. The van der Waals surface area contributed by atoms with Crippen molar-refractivity contribution in [2.24, 2.45) is 46.3 Å². The summed E-state index contributed by atoms with van der Waals surface area (Å²) in [7, 11) is 0. The first-order valence-corrected chi connectivity index (χ1v) is 12.9. The van der Waals surface area contributed by atoms with E-state index in [0.717, 1.165) is 37.5 Å². The zero-order valence-corrected chi connectivity index (χ0v) is 20.0. The molecule has 5 aliphatic rings. The highest BCUT2D eigenvalue weighted by Crippen LogP contribution is 2.68. The van der Waals surface area contributed by atoms with E-state index < -0.39 is 0 Å². The second kappa shape index (κ2) is 7.04. The quantitative estimate of drug-likeness (QED) is 0.591. The van der Waals surface area contributed by atoms with Crippen molar-refractivity contribution < 1.29 is 14.6 Å². The average Bonchev–Trinajstić information content (AvgIpc) is 3.13. The number of ether oxygens (including phenoxy) is 1. The number of epoxide rings is 1. The van der Waals surface area contributed by atoms with Gasteiger partial charge in [-0.3, -0.25) is 4.79 Å². The fraction of sp³-hybridized carbons (Fsp3) is 0.963. The van der Waals surface area contributed by atoms with Crippen LogP contribution in [-0.2, 0) is 9.53 Å². The Morgan fingerprint density at radius 3 is 2.47 bits per heavy atom. The van der Waals surface area contributed by atoms with E-state index in [1.165, 1.54) is 38.5 Å². The van der Waals surface area contributed by atoms with Crippen LogP contribution in [0.3, 0.4) is 0 Å². The first kappa shape index (κ1) is 21.4. The predicted octanol–water partition coefficient (Wildman–Crippen LogP) is 5.78. The second-order valence-corrected chi connectivity index (χ2v) is 13.0.